The predicted octanol–water partition coefficient (Wildman–Crippen LogP) is 2.01. The van der Waals surface area contributed by atoms with E-state index in [1.54, 1.807) is 22.9 Å². The summed E-state index contributed by atoms with van der Waals surface area (Å²) < 4.78 is 5.43. The lowest BCUT2D eigenvalue weighted by molar-refractivity contribution is -0.122. The van der Waals surface area contributed by atoms with E-state index in [0.29, 0.717) is 23.1 Å². The van der Waals surface area contributed by atoms with Crippen LogP contribution in [-0.2, 0) is 4.79 Å². The molecule has 0 aliphatic carbocycles. The topological polar surface area (TPSA) is 36.7 Å². The van der Waals surface area contributed by atoms with Gasteiger partial charge in [0.1, 0.15) is 17.2 Å². The number of aryl methyl sites for hydroxylation is 1. The fraction of sp³-hybridized carbons (Fsp3) is 0.333. The van der Waals surface area contributed by atoms with Gasteiger partial charge in [-0.15, -0.1) is 0 Å². The van der Waals surface area contributed by atoms with Crippen molar-refractivity contribution in [2.45, 2.75) is 13.8 Å². The van der Waals surface area contributed by atoms with Crippen molar-refractivity contribution < 1.29 is 9.21 Å². The number of amides is 1. The van der Waals surface area contributed by atoms with Crippen molar-refractivity contribution in [3.8, 4) is 0 Å². The highest BCUT2D eigenvalue weighted by Crippen LogP contribution is 2.22. The Morgan fingerprint density at radius 3 is 2.65 bits per heavy atom. The summed E-state index contributed by atoms with van der Waals surface area (Å²) in [5.41, 5.74) is 0.547. The van der Waals surface area contributed by atoms with Crippen LogP contribution in [0.1, 0.15) is 18.4 Å². The zero-order chi connectivity index (χ0) is 12.6. The van der Waals surface area contributed by atoms with Crippen molar-refractivity contribution in [1.82, 2.24) is 9.80 Å². The van der Waals surface area contributed by atoms with E-state index in [-0.39, 0.29) is 5.91 Å². The molecule has 1 amide bonds. The van der Waals surface area contributed by atoms with Gasteiger partial charge in [0.2, 0.25) is 0 Å². The molecule has 1 aliphatic rings. The number of carbonyl (C=O) groups is 1. The molecule has 1 fully saturated rings. The fourth-order valence-corrected chi connectivity index (χ4v) is 2.07. The smallest absolute Gasteiger partial charge is 0.276 e. The summed E-state index contributed by atoms with van der Waals surface area (Å²) in [5.74, 6) is 1.41. The monoisotopic (exact) mass is 250 g/mol. The zero-order valence-corrected chi connectivity index (χ0v) is 10.9. The summed E-state index contributed by atoms with van der Waals surface area (Å²) in [4.78, 5) is 15.3. The minimum atomic E-state index is -0.0750. The van der Waals surface area contributed by atoms with E-state index < -0.39 is 0 Å². The summed E-state index contributed by atoms with van der Waals surface area (Å²) in [6.07, 6.45) is 1.72. The zero-order valence-electron chi connectivity index (χ0n) is 10.1. The van der Waals surface area contributed by atoms with Gasteiger partial charge in [0.25, 0.3) is 5.91 Å². The quantitative estimate of drug-likeness (QED) is 0.594. The van der Waals surface area contributed by atoms with Crippen LogP contribution in [0.15, 0.2) is 22.2 Å². The third kappa shape index (κ3) is 1.98. The minimum absolute atomic E-state index is 0.0750. The lowest BCUT2D eigenvalue weighted by atomic mass is 10.3. The van der Waals surface area contributed by atoms with E-state index in [1.807, 2.05) is 26.0 Å². The van der Waals surface area contributed by atoms with E-state index in [1.165, 1.54) is 0 Å². The second-order valence-corrected chi connectivity index (χ2v) is 4.23. The molecule has 0 radical (unpaired) electrons. The van der Waals surface area contributed by atoms with Gasteiger partial charge in [-0.2, -0.15) is 0 Å². The molecule has 1 saturated heterocycles. The van der Waals surface area contributed by atoms with Gasteiger partial charge in [-0.3, -0.25) is 9.69 Å². The van der Waals surface area contributed by atoms with E-state index in [4.69, 9.17) is 16.6 Å². The van der Waals surface area contributed by atoms with E-state index in [2.05, 4.69) is 0 Å². The standard InChI is InChI=1S/C12H14N2O2S/c1-4-14-11(15)10(13(3)12(14)17)7-9-6-5-8(2)16-9/h5-7H,4H2,1-3H3. The summed E-state index contributed by atoms with van der Waals surface area (Å²) in [7, 11) is 1.79. The molecule has 4 nitrogen and oxygen atoms in total. The first kappa shape index (κ1) is 11.9. The number of carbonyl (C=O) groups excluding carboxylic acids is 1. The maximum atomic E-state index is 12.1. The van der Waals surface area contributed by atoms with Crippen molar-refractivity contribution in [1.29, 1.82) is 0 Å². The highest BCUT2D eigenvalue weighted by atomic mass is 32.1. The Balaban J connectivity index is 2.36. The van der Waals surface area contributed by atoms with Crippen molar-refractivity contribution in [2.75, 3.05) is 13.6 Å². The molecule has 0 bridgehead atoms. The molecule has 1 aromatic heterocycles. The Morgan fingerprint density at radius 1 is 1.47 bits per heavy atom. The molecule has 5 heteroatoms. The molecule has 17 heavy (non-hydrogen) atoms. The Morgan fingerprint density at radius 2 is 2.18 bits per heavy atom. The Hall–Kier alpha value is -1.62. The maximum Gasteiger partial charge on any atom is 0.276 e. The second kappa shape index (κ2) is 4.33. The molecule has 1 aromatic rings. The summed E-state index contributed by atoms with van der Waals surface area (Å²) in [6, 6.07) is 3.70. The first-order chi connectivity index (χ1) is 8.04. The molecule has 0 saturated carbocycles. The highest BCUT2D eigenvalue weighted by molar-refractivity contribution is 7.80. The first-order valence-electron chi connectivity index (χ1n) is 5.42. The van der Waals surface area contributed by atoms with Crippen LogP contribution in [0.25, 0.3) is 6.08 Å². The number of rotatable bonds is 2. The normalized spacial score (nSPS) is 18.6. The Kier molecular flexibility index (Phi) is 3.02. The molecule has 2 heterocycles. The van der Waals surface area contributed by atoms with Gasteiger partial charge in [-0.05, 0) is 38.2 Å². The molecule has 1 aliphatic heterocycles. The third-order valence-electron chi connectivity index (χ3n) is 2.70. The van der Waals surface area contributed by atoms with E-state index in [0.717, 1.165) is 5.76 Å². The average molecular weight is 250 g/mol. The van der Waals surface area contributed by atoms with Gasteiger partial charge in [0.05, 0.1) is 0 Å². The van der Waals surface area contributed by atoms with Crippen LogP contribution in [0.4, 0.5) is 0 Å². The SMILES string of the molecule is CCN1C(=O)C(=Cc2ccc(C)o2)N(C)C1=S. The van der Waals surface area contributed by atoms with Crippen LogP contribution in [0, 0.1) is 6.92 Å². The number of likely N-dealkylation sites (N-methyl/N-ethyl adjacent to an activating group) is 2. The lowest BCUT2D eigenvalue weighted by Crippen LogP contribution is -2.30. The van der Waals surface area contributed by atoms with Crippen LogP contribution < -0.4 is 0 Å². The summed E-state index contributed by atoms with van der Waals surface area (Å²) in [5, 5.41) is 0.534. The maximum absolute atomic E-state index is 12.1. The van der Waals surface area contributed by atoms with Gasteiger partial charge < -0.3 is 9.32 Å². The molecular formula is C12H14N2O2S. The highest BCUT2D eigenvalue weighted by Gasteiger charge is 2.34. The molecular weight excluding hydrogens is 236 g/mol. The van der Waals surface area contributed by atoms with Crippen molar-refractivity contribution >= 4 is 29.3 Å². The number of nitrogens with zero attached hydrogens (tertiary/aromatic N) is 2. The van der Waals surface area contributed by atoms with Gasteiger partial charge in [-0.25, -0.2) is 0 Å². The fourth-order valence-electron chi connectivity index (χ4n) is 1.76. The lowest BCUT2D eigenvalue weighted by Gasteiger charge is -2.13. The molecule has 0 spiro atoms. The minimum Gasteiger partial charge on any atom is -0.462 e. The van der Waals surface area contributed by atoms with Crippen molar-refractivity contribution in [3.63, 3.8) is 0 Å². The van der Waals surface area contributed by atoms with Gasteiger partial charge in [-0.1, -0.05) is 0 Å². The number of furan rings is 1. The molecule has 2 rings (SSSR count). The Labute approximate surface area is 105 Å². The average Bonchev–Trinajstić information content (AvgIpc) is 2.78. The molecule has 90 valence electrons. The largest absolute Gasteiger partial charge is 0.462 e. The predicted molar refractivity (Wildman–Crippen MR) is 69.2 cm³/mol. The third-order valence-corrected chi connectivity index (χ3v) is 3.19. The number of thiocarbonyl (C=S) groups is 1. The van der Waals surface area contributed by atoms with Crippen molar-refractivity contribution in [2.24, 2.45) is 0 Å². The van der Waals surface area contributed by atoms with Gasteiger partial charge >= 0.3 is 0 Å². The summed E-state index contributed by atoms with van der Waals surface area (Å²) >= 11 is 5.20. The summed E-state index contributed by atoms with van der Waals surface area (Å²) in [6.45, 7) is 4.35. The van der Waals surface area contributed by atoms with Crippen LogP contribution >= 0.6 is 12.2 Å². The molecule has 0 N–H and O–H groups in total. The van der Waals surface area contributed by atoms with Crippen LogP contribution in [-0.4, -0.2) is 34.4 Å². The van der Waals surface area contributed by atoms with Crippen LogP contribution in [0.5, 0.6) is 0 Å². The molecule has 0 aromatic carbocycles. The molecule has 0 unspecified atom stereocenters. The van der Waals surface area contributed by atoms with E-state index in [9.17, 15) is 4.79 Å². The number of hydrogen-bond donors (Lipinski definition) is 0. The van der Waals surface area contributed by atoms with E-state index >= 15 is 0 Å². The Bertz CT molecular complexity index is 504. The van der Waals surface area contributed by atoms with Crippen LogP contribution in [0.3, 0.4) is 0 Å². The van der Waals surface area contributed by atoms with Gasteiger partial charge in [0, 0.05) is 19.7 Å². The van der Waals surface area contributed by atoms with Gasteiger partial charge in [0.15, 0.2) is 5.11 Å². The van der Waals surface area contributed by atoms with Crippen LogP contribution in [0.2, 0.25) is 0 Å². The van der Waals surface area contributed by atoms with Crippen molar-refractivity contribution in [3.05, 3.63) is 29.4 Å². The number of hydrogen-bond acceptors (Lipinski definition) is 3. The molecule has 0 atom stereocenters. The first-order valence-corrected chi connectivity index (χ1v) is 5.83. The second-order valence-electron chi connectivity index (χ2n) is 3.87.